The largest absolute Gasteiger partial charge is 0.337 e. The summed E-state index contributed by atoms with van der Waals surface area (Å²) in [7, 11) is 4.17. The fourth-order valence-corrected chi connectivity index (χ4v) is 2.64. The van der Waals surface area contributed by atoms with Crippen molar-refractivity contribution in [1.29, 1.82) is 0 Å². The molecule has 22 heavy (non-hydrogen) atoms. The Kier molecular flexibility index (Phi) is 8.94. The lowest BCUT2D eigenvalue weighted by Crippen LogP contribution is -2.39. The number of hydrogen-bond acceptors (Lipinski definition) is 2. The van der Waals surface area contributed by atoms with Crippen LogP contribution < -0.4 is 10.6 Å². The highest BCUT2D eigenvalue weighted by Crippen LogP contribution is 2.21. The van der Waals surface area contributed by atoms with Crippen LogP contribution in [0.3, 0.4) is 0 Å². The van der Waals surface area contributed by atoms with Gasteiger partial charge in [0.15, 0.2) is 0 Å². The molecule has 0 heterocycles. The maximum Gasteiger partial charge on any atom is 0.315 e. The van der Waals surface area contributed by atoms with Gasteiger partial charge in [-0.25, -0.2) is 4.79 Å². The zero-order chi connectivity index (χ0) is 16.4. The molecule has 0 saturated carbocycles. The molecule has 0 radical (unpaired) electrons. The summed E-state index contributed by atoms with van der Waals surface area (Å²) in [5.41, 5.74) is 1.14. The summed E-state index contributed by atoms with van der Waals surface area (Å²) in [5, 5.41) is 5.82. The van der Waals surface area contributed by atoms with E-state index in [0.717, 1.165) is 24.9 Å². The van der Waals surface area contributed by atoms with Crippen LogP contribution in [0.4, 0.5) is 4.79 Å². The van der Waals surface area contributed by atoms with Crippen LogP contribution in [-0.4, -0.2) is 44.0 Å². The third kappa shape index (κ3) is 7.66. The summed E-state index contributed by atoms with van der Waals surface area (Å²) in [6.45, 7) is 3.78. The molecule has 0 aromatic heterocycles. The fourth-order valence-electron chi connectivity index (χ4n) is 2.54. The SMILES string of the molecule is CC(CCC(NC(=O)NCCCl)c1ccccc1)CN(C)C. The van der Waals surface area contributed by atoms with Crippen molar-refractivity contribution in [2.75, 3.05) is 33.1 Å². The van der Waals surface area contributed by atoms with E-state index in [9.17, 15) is 4.79 Å². The summed E-state index contributed by atoms with van der Waals surface area (Å²) in [6.07, 6.45) is 1.99. The van der Waals surface area contributed by atoms with E-state index in [-0.39, 0.29) is 12.1 Å². The fraction of sp³-hybridized carbons (Fsp3) is 0.588. The van der Waals surface area contributed by atoms with E-state index in [1.54, 1.807) is 0 Å². The predicted molar refractivity (Wildman–Crippen MR) is 93.4 cm³/mol. The molecule has 5 heteroatoms. The van der Waals surface area contributed by atoms with Crippen LogP contribution >= 0.6 is 11.6 Å². The first-order chi connectivity index (χ1) is 10.5. The summed E-state index contributed by atoms with van der Waals surface area (Å²) in [4.78, 5) is 14.1. The second kappa shape index (κ2) is 10.5. The van der Waals surface area contributed by atoms with Gasteiger partial charge in [0, 0.05) is 19.0 Å². The lowest BCUT2D eigenvalue weighted by Gasteiger charge is -2.23. The van der Waals surface area contributed by atoms with E-state index >= 15 is 0 Å². The van der Waals surface area contributed by atoms with Crippen LogP contribution in [0.25, 0.3) is 0 Å². The van der Waals surface area contributed by atoms with Gasteiger partial charge in [0.25, 0.3) is 0 Å². The minimum atomic E-state index is -0.158. The Bertz CT molecular complexity index is 425. The second-order valence-electron chi connectivity index (χ2n) is 6.00. The predicted octanol–water partition coefficient (Wildman–Crippen LogP) is 3.24. The molecule has 1 rings (SSSR count). The van der Waals surface area contributed by atoms with Crippen molar-refractivity contribution in [3.05, 3.63) is 35.9 Å². The maximum atomic E-state index is 11.9. The molecule has 2 unspecified atom stereocenters. The number of urea groups is 1. The average molecular weight is 326 g/mol. The number of nitrogens with zero attached hydrogens (tertiary/aromatic N) is 1. The molecule has 0 bridgehead atoms. The van der Waals surface area contributed by atoms with Crippen molar-refractivity contribution < 1.29 is 4.79 Å². The molecule has 0 aliphatic rings. The van der Waals surface area contributed by atoms with Gasteiger partial charge in [-0.15, -0.1) is 11.6 Å². The average Bonchev–Trinajstić information content (AvgIpc) is 2.49. The van der Waals surface area contributed by atoms with Crippen LogP contribution in [0.2, 0.25) is 0 Å². The third-order valence-corrected chi connectivity index (χ3v) is 3.70. The third-order valence-electron chi connectivity index (χ3n) is 3.51. The summed E-state index contributed by atoms with van der Waals surface area (Å²) in [5.74, 6) is 1.01. The second-order valence-corrected chi connectivity index (χ2v) is 6.38. The van der Waals surface area contributed by atoms with Crippen molar-refractivity contribution in [2.45, 2.75) is 25.8 Å². The number of rotatable bonds is 9. The van der Waals surface area contributed by atoms with E-state index in [2.05, 4.69) is 48.7 Å². The molecule has 124 valence electrons. The topological polar surface area (TPSA) is 44.4 Å². The van der Waals surface area contributed by atoms with E-state index in [4.69, 9.17) is 11.6 Å². The Hall–Kier alpha value is -1.26. The Balaban J connectivity index is 2.61. The standard InChI is InChI=1S/C17H28ClN3O/c1-14(13-21(2)3)9-10-16(15-7-5-4-6-8-15)20-17(22)19-12-11-18/h4-8,14,16H,9-13H2,1-3H3,(H2,19,20,22). The Labute approximate surface area is 139 Å². The van der Waals surface area contributed by atoms with Gasteiger partial charge in [0.05, 0.1) is 6.04 Å². The van der Waals surface area contributed by atoms with Crippen molar-refractivity contribution in [3.8, 4) is 0 Å². The zero-order valence-electron chi connectivity index (χ0n) is 13.8. The van der Waals surface area contributed by atoms with Crippen LogP contribution in [-0.2, 0) is 0 Å². The molecule has 0 fully saturated rings. The number of alkyl halides is 1. The molecule has 0 spiro atoms. The first-order valence-electron chi connectivity index (χ1n) is 7.83. The van der Waals surface area contributed by atoms with Crippen molar-refractivity contribution in [1.82, 2.24) is 15.5 Å². The molecule has 2 N–H and O–H groups in total. The van der Waals surface area contributed by atoms with E-state index < -0.39 is 0 Å². The van der Waals surface area contributed by atoms with E-state index in [1.165, 1.54) is 0 Å². The number of halogens is 1. The Morgan fingerprint density at radius 2 is 1.91 bits per heavy atom. The first-order valence-corrected chi connectivity index (χ1v) is 8.36. The van der Waals surface area contributed by atoms with Crippen LogP contribution in [0.1, 0.15) is 31.4 Å². The van der Waals surface area contributed by atoms with Crippen molar-refractivity contribution in [2.24, 2.45) is 5.92 Å². The maximum absolute atomic E-state index is 11.9. The molecule has 2 atom stereocenters. The number of carbonyl (C=O) groups excluding carboxylic acids is 1. The molecule has 0 saturated heterocycles. The van der Waals surface area contributed by atoms with Gasteiger partial charge in [-0.05, 0) is 38.4 Å². The van der Waals surface area contributed by atoms with Crippen LogP contribution in [0.5, 0.6) is 0 Å². The smallest absolute Gasteiger partial charge is 0.315 e. The number of benzene rings is 1. The van der Waals surface area contributed by atoms with E-state index in [0.29, 0.717) is 18.3 Å². The zero-order valence-corrected chi connectivity index (χ0v) is 14.6. The monoisotopic (exact) mass is 325 g/mol. The van der Waals surface area contributed by atoms with Gasteiger partial charge in [0.1, 0.15) is 0 Å². The molecule has 2 amide bonds. The molecular formula is C17H28ClN3O. The lowest BCUT2D eigenvalue weighted by atomic mass is 9.96. The van der Waals surface area contributed by atoms with Gasteiger partial charge < -0.3 is 15.5 Å². The highest BCUT2D eigenvalue weighted by atomic mass is 35.5. The Morgan fingerprint density at radius 3 is 2.50 bits per heavy atom. The minimum absolute atomic E-state index is 0.0288. The van der Waals surface area contributed by atoms with Gasteiger partial charge in [-0.2, -0.15) is 0 Å². The van der Waals surface area contributed by atoms with Gasteiger partial charge in [0.2, 0.25) is 0 Å². The quantitative estimate of drug-likeness (QED) is 0.685. The number of amides is 2. The minimum Gasteiger partial charge on any atom is -0.337 e. The Morgan fingerprint density at radius 1 is 1.23 bits per heavy atom. The number of carbonyl (C=O) groups is 1. The number of hydrogen-bond donors (Lipinski definition) is 2. The van der Waals surface area contributed by atoms with Crippen LogP contribution in [0, 0.1) is 5.92 Å². The lowest BCUT2D eigenvalue weighted by molar-refractivity contribution is 0.235. The van der Waals surface area contributed by atoms with Gasteiger partial charge in [-0.1, -0.05) is 37.3 Å². The molecule has 0 aliphatic carbocycles. The summed E-state index contributed by atoms with van der Waals surface area (Å²) in [6, 6.07) is 9.99. The summed E-state index contributed by atoms with van der Waals surface area (Å²) >= 11 is 5.60. The van der Waals surface area contributed by atoms with Gasteiger partial charge in [-0.3, -0.25) is 0 Å². The number of nitrogens with one attached hydrogen (secondary N) is 2. The molecule has 4 nitrogen and oxygen atoms in total. The normalized spacial score (nSPS) is 13.7. The molecule has 1 aromatic carbocycles. The van der Waals surface area contributed by atoms with Crippen molar-refractivity contribution >= 4 is 17.6 Å². The first kappa shape index (κ1) is 18.8. The highest BCUT2D eigenvalue weighted by molar-refractivity contribution is 6.18. The van der Waals surface area contributed by atoms with Gasteiger partial charge >= 0.3 is 6.03 Å². The molecular weight excluding hydrogens is 298 g/mol. The molecule has 0 aliphatic heterocycles. The van der Waals surface area contributed by atoms with E-state index in [1.807, 2.05) is 18.2 Å². The van der Waals surface area contributed by atoms with Crippen molar-refractivity contribution in [3.63, 3.8) is 0 Å². The highest BCUT2D eigenvalue weighted by Gasteiger charge is 2.15. The summed E-state index contributed by atoms with van der Waals surface area (Å²) < 4.78 is 0. The van der Waals surface area contributed by atoms with Crippen LogP contribution in [0.15, 0.2) is 30.3 Å². The molecule has 1 aromatic rings.